The van der Waals surface area contributed by atoms with Crippen molar-refractivity contribution in [2.45, 2.75) is 39.4 Å². The molecule has 5 aromatic rings. The van der Waals surface area contributed by atoms with Crippen LogP contribution in [0.3, 0.4) is 0 Å². The highest BCUT2D eigenvalue weighted by atomic mass is 19.3. The number of anilines is 1. The Bertz CT molecular complexity index is 1710. The van der Waals surface area contributed by atoms with Gasteiger partial charge in [-0.2, -0.15) is 4.98 Å². The van der Waals surface area contributed by atoms with Gasteiger partial charge in [0.1, 0.15) is 23.9 Å². The summed E-state index contributed by atoms with van der Waals surface area (Å²) in [5.74, 6) is 0.0336. The lowest BCUT2D eigenvalue weighted by molar-refractivity contribution is 0.0787. The van der Waals surface area contributed by atoms with E-state index >= 15 is 0 Å². The Hall–Kier alpha value is -4.51. The average molecular weight is 549 g/mol. The Labute approximate surface area is 228 Å². The van der Waals surface area contributed by atoms with Gasteiger partial charge in [-0.05, 0) is 80.4 Å². The van der Waals surface area contributed by atoms with E-state index in [1.165, 1.54) is 30.3 Å². The first kappa shape index (κ1) is 27.1. The topological polar surface area (TPSA) is 112 Å². The number of ether oxygens (including phenoxy) is 1. The Morgan fingerprint density at radius 3 is 2.38 bits per heavy atom. The molecule has 0 atom stereocenters. The first-order chi connectivity index (χ1) is 18.9. The number of alkyl halides is 2. The smallest absolute Gasteiger partial charge is 0.280 e. The maximum Gasteiger partial charge on any atom is 0.280 e. The summed E-state index contributed by atoms with van der Waals surface area (Å²) in [6.07, 6.45) is -2.80. The lowest BCUT2D eigenvalue weighted by atomic mass is 9.98. The molecule has 8 nitrogen and oxygen atoms in total. The van der Waals surface area contributed by atoms with Gasteiger partial charge in [0.25, 0.3) is 6.43 Å². The molecule has 0 spiro atoms. The highest BCUT2D eigenvalue weighted by Gasteiger charge is 2.23. The van der Waals surface area contributed by atoms with Gasteiger partial charge in [0.05, 0.1) is 27.9 Å². The third-order valence-corrected chi connectivity index (χ3v) is 6.51. The quantitative estimate of drug-likeness (QED) is 0.262. The number of aryl methyl sites for hydroxylation is 2. The molecule has 0 saturated heterocycles. The molecular weight excluding hydrogens is 521 g/mol. The summed E-state index contributed by atoms with van der Waals surface area (Å²) in [4.78, 5) is 17.3. The summed E-state index contributed by atoms with van der Waals surface area (Å²) < 4.78 is 49.1. The molecule has 11 heteroatoms. The molecule has 0 saturated carbocycles. The largest absolute Gasteiger partial charge is 0.469 e. The van der Waals surface area contributed by atoms with Crippen molar-refractivity contribution in [3.63, 3.8) is 0 Å². The summed E-state index contributed by atoms with van der Waals surface area (Å²) >= 11 is 0. The van der Waals surface area contributed by atoms with E-state index in [9.17, 15) is 18.3 Å². The van der Waals surface area contributed by atoms with Crippen molar-refractivity contribution in [1.29, 1.82) is 0 Å². The molecule has 206 valence electrons. The number of aromatic nitrogens is 5. The maximum atomic E-state index is 13.7. The van der Waals surface area contributed by atoms with Crippen LogP contribution in [0.25, 0.3) is 33.4 Å². The van der Waals surface area contributed by atoms with Gasteiger partial charge in [-0.15, -0.1) is 0 Å². The van der Waals surface area contributed by atoms with Gasteiger partial charge in [0.2, 0.25) is 11.8 Å². The number of nitrogens with two attached hydrogens (primary N) is 1. The van der Waals surface area contributed by atoms with Gasteiger partial charge in [0, 0.05) is 18.3 Å². The molecule has 0 unspecified atom stereocenters. The summed E-state index contributed by atoms with van der Waals surface area (Å²) in [6, 6.07) is 13.9. The minimum absolute atomic E-state index is 0.0406. The second kappa shape index (κ2) is 10.2. The highest BCUT2D eigenvalue weighted by Crippen LogP contribution is 2.39. The number of hydrogen-bond acceptors (Lipinski definition) is 7. The van der Waals surface area contributed by atoms with E-state index in [0.717, 1.165) is 5.52 Å². The molecule has 3 heterocycles. The summed E-state index contributed by atoms with van der Waals surface area (Å²) in [5, 5.41) is 10.4. The molecule has 3 N–H and O–H groups in total. The number of hydrogen-bond donors (Lipinski definition) is 2. The van der Waals surface area contributed by atoms with Gasteiger partial charge >= 0.3 is 0 Å². The van der Waals surface area contributed by atoms with E-state index < -0.39 is 23.5 Å². The van der Waals surface area contributed by atoms with Crippen LogP contribution in [0, 0.1) is 12.7 Å². The number of aliphatic hydroxyl groups is 1. The van der Waals surface area contributed by atoms with Crippen LogP contribution in [-0.2, 0) is 19.3 Å². The number of halogens is 3. The van der Waals surface area contributed by atoms with Crippen LogP contribution in [0.15, 0.2) is 54.6 Å². The zero-order valence-electron chi connectivity index (χ0n) is 22.3. The molecule has 0 aliphatic heterocycles. The van der Waals surface area contributed by atoms with E-state index in [1.54, 1.807) is 26.8 Å². The predicted molar refractivity (Wildman–Crippen MR) is 145 cm³/mol. The molecule has 0 aliphatic carbocycles. The van der Waals surface area contributed by atoms with Gasteiger partial charge in [-0.1, -0.05) is 6.07 Å². The normalized spacial score (nSPS) is 11.9. The zero-order valence-corrected chi connectivity index (χ0v) is 22.3. The summed E-state index contributed by atoms with van der Waals surface area (Å²) in [7, 11) is 1.83. The van der Waals surface area contributed by atoms with E-state index in [1.807, 2.05) is 29.8 Å². The van der Waals surface area contributed by atoms with Crippen molar-refractivity contribution in [1.82, 2.24) is 24.5 Å². The average Bonchev–Trinajstić information content (AvgIpc) is 3.21. The zero-order chi connectivity index (χ0) is 28.8. The molecular formula is C29H27F3N6O2. The molecule has 0 amide bonds. The molecule has 0 aliphatic rings. The maximum absolute atomic E-state index is 13.7. The van der Waals surface area contributed by atoms with Crippen LogP contribution >= 0.6 is 0 Å². The van der Waals surface area contributed by atoms with Crippen molar-refractivity contribution in [3.8, 4) is 28.3 Å². The van der Waals surface area contributed by atoms with E-state index in [0.29, 0.717) is 39.3 Å². The fourth-order valence-corrected chi connectivity index (χ4v) is 4.48. The van der Waals surface area contributed by atoms with Crippen molar-refractivity contribution < 1.29 is 23.0 Å². The first-order valence-electron chi connectivity index (χ1n) is 12.4. The molecule has 3 aromatic heterocycles. The van der Waals surface area contributed by atoms with Gasteiger partial charge < -0.3 is 20.1 Å². The van der Waals surface area contributed by atoms with Crippen LogP contribution in [0.5, 0.6) is 5.88 Å². The van der Waals surface area contributed by atoms with Crippen LogP contribution in [0.4, 0.5) is 19.1 Å². The molecule has 5 rings (SSSR count). The Balaban J connectivity index is 1.62. The lowest BCUT2D eigenvalue weighted by Gasteiger charge is -2.17. The molecule has 0 radical (unpaired) electrons. The monoisotopic (exact) mass is 548 g/mol. The van der Waals surface area contributed by atoms with Crippen molar-refractivity contribution in [3.05, 3.63) is 83.2 Å². The van der Waals surface area contributed by atoms with Gasteiger partial charge in [0.15, 0.2) is 0 Å². The number of benzene rings is 2. The van der Waals surface area contributed by atoms with E-state index in [-0.39, 0.29) is 24.1 Å². The Morgan fingerprint density at radius 1 is 0.975 bits per heavy atom. The second-order valence-electron chi connectivity index (χ2n) is 9.98. The van der Waals surface area contributed by atoms with E-state index in [4.69, 9.17) is 10.5 Å². The van der Waals surface area contributed by atoms with Crippen molar-refractivity contribution in [2.24, 2.45) is 7.05 Å². The molecule has 0 fully saturated rings. The second-order valence-corrected chi connectivity index (χ2v) is 9.98. The number of imidazole rings is 1. The van der Waals surface area contributed by atoms with Crippen LogP contribution in [0.1, 0.15) is 43.0 Å². The minimum Gasteiger partial charge on any atom is -0.469 e. The number of nitrogen functional groups attached to an aromatic ring is 1. The van der Waals surface area contributed by atoms with Crippen LogP contribution < -0.4 is 10.5 Å². The van der Waals surface area contributed by atoms with E-state index in [2.05, 4.69) is 19.9 Å². The van der Waals surface area contributed by atoms with Gasteiger partial charge in [-0.25, -0.2) is 23.1 Å². The fourth-order valence-electron chi connectivity index (χ4n) is 4.48. The van der Waals surface area contributed by atoms with Crippen molar-refractivity contribution in [2.75, 3.05) is 5.73 Å². The third kappa shape index (κ3) is 5.32. The SMILES string of the molecule is Cc1cc(-c2c(OCc3nc4cc(C(C)(C)O)ccc4n3C)nc(N)nc2-c2ccc(F)cc2)cc(C(F)F)n1. The Morgan fingerprint density at radius 2 is 1.70 bits per heavy atom. The predicted octanol–water partition coefficient (Wildman–Crippen LogP) is 5.87. The molecule has 40 heavy (non-hydrogen) atoms. The van der Waals surface area contributed by atoms with Crippen molar-refractivity contribution >= 4 is 17.0 Å². The summed E-state index contributed by atoms with van der Waals surface area (Å²) in [5.41, 5.74) is 8.58. The lowest BCUT2D eigenvalue weighted by Crippen LogP contribution is -2.15. The third-order valence-electron chi connectivity index (χ3n) is 6.51. The van der Waals surface area contributed by atoms with Gasteiger partial charge in [-0.3, -0.25) is 4.98 Å². The number of fused-ring (bicyclic) bond motifs is 1. The summed E-state index contributed by atoms with van der Waals surface area (Å²) in [6.45, 7) is 4.95. The number of rotatable bonds is 7. The molecule has 0 bridgehead atoms. The fraction of sp³-hybridized carbons (Fsp3) is 0.241. The van der Waals surface area contributed by atoms with Crippen LogP contribution in [0.2, 0.25) is 0 Å². The first-order valence-corrected chi connectivity index (χ1v) is 12.4. The van der Waals surface area contributed by atoms with Crippen LogP contribution in [-0.4, -0.2) is 29.6 Å². The Kier molecular flexibility index (Phi) is 6.92. The highest BCUT2D eigenvalue weighted by molar-refractivity contribution is 5.85. The standard InChI is InChI=1S/C29H27F3N6O2/c1-15-11-17(12-21(34-15)26(31)32)24-25(16-5-8-19(30)9-6-16)36-28(33)37-27(24)40-14-23-35-20-13-18(29(2,3)39)7-10-22(20)38(23)4/h5-13,26,39H,14H2,1-4H3,(H2,33,36,37). The molecule has 2 aromatic carbocycles. The number of nitrogens with zero attached hydrogens (tertiary/aromatic N) is 5. The minimum atomic E-state index is -2.80. The number of pyridine rings is 1.